The van der Waals surface area contributed by atoms with E-state index in [0.717, 1.165) is 71.0 Å². The van der Waals surface area contributed by atoms with Crippen LogP contribution in [0, 0.1) is 5.92 Å². The number of carbonyl (C=O) groups is 1. The number of likely N-dealkylation sites (tertiary alicyclic amines) is 1. The Morgan fingerprint density at radius 2 is 2.08 bits per heavy atom. The Balaban J connectivity index is 0.00000529. The van der Waals surface area contributed by atoms with Crippen molar-refractivity contribution in [3.05, 3.63) is 0 Å². The molecule has 0 saturated carbocycles. The van der Waals surface area contributed by atoms with Crippen LogP contribution in [0.1, 0.15) is 52.4 Å². The quantitative estimate of drug-likeness (QED) is 0.230. The van der Waals surface area contributed by atoms with Gasteiger partial charge in [0.2, 0.25) is 5.91 Å². The number of nitrogens with one attached hydrogen (secondary N) is 1. The molecule has 0 aromatic carbocycles. The standard InChI is InChI=1S/C17H34N4O2.HI/c1-3-5-11-23-12-7-9-20-17(19-4-2)21-10-6-8-15(14-21)13-16(18)22;/h15H,3-14H2,1-2H3,(H2,18,22)(H,19,20);1H. The first-order valence-electron chi connectivity index (χ1n) is 9.06. The van der Waals surface area contributed by atoms with Crippen molar-refractivity contribution in [2.75, 3.05) is 39.4 Å². The van der Waals surface area contributed by atoms with Crippen LogP contribution in [0.4, 0.5) is 0 Å². The van der Waals surface area contributed by atoms with Gasteiger partial charge >= 0.3 is 0 Å². The van der Waals surface area contributed by atoms with Crippen LogP contribution in [0.5, 0.6) is 0 Å². The maximum absolute atomic E-state index is 11.1. The molecule has 7 heteroatoms. The molecule has 1 unspecified atom stereocenters. The van der Waals surface area contributed by atoms with Gasteiger partial charge in [0.25, 0.3) is 0 Å². The van der Waals surface area contributed by atoms with Crippen molar-refractivity contribution in [1.82, 2.24) is 10.2 Å². The minimum absolute atomic E-state index is 0. The number of piperidine rings is 1. The average molecular weight is 454 g/mol. The van der Waals surface area contributed by atoms with E-state index in [1.807, 2.05) is 0 Å². The zero-order chi connectivity index (χ0) is 16.9. The van der Waals surface area contributed by atoms with Gasteiger partial charge in [-0.3, -0.25) is 9.79 Å². The van der Waals surface area contributed by atoms with Gasteiger partial charge in [0.1, 0.15) is 0 Å². The maximum atomic E-state index is 11.1. The first-order chi connectivity index (χ1) is 11.2. The summed E-state index contributed by atoms with van der Waals surface area (Å²) in [4.78, 5) is 18.1. The Labute approximate surface area is 164 Å². The summed E-state index contributed by atoms with van der Waals surface area (Å²) in [6, 6.07) is 0. The monoisotopic (exact) mass is 454 g/mol. The first kappa shape index (κ1) is 23.4. The SMILES string of the molecule is CCCCOCCCN=C(NCC)N1CCCC(CC(N)=O)C1.I. The second kappa shape index (κ2) is 14.7. The maximum Gasteiger partial charge on any atom is 0.217 e. The molecule has 0 bridgehead atoms. The van der Waals surface area contributed by atoms with Crippen LogP contribution in [0.2, 0.25) is 0 Å². The third-order valence-electron chi connectivity index (χ3n) is 3.99. The van der Waals surface area contributed by atoms with E-state index in [9.17, 15) is 4.79 Å². The summed E-state index contributed by atoms with van der Waals surface area (Å²) >= 11 is 0. The summed E-state index contributed by atoms with van der Waals surface area (Å²) < 4.78 is 5.57. The molecule has 0 radical (unpaired) electrons. The summed E-state index contributed by atoms with van der Waals surface area (Å²) in [7, 11) is 0. The highest BCUT2D eigenvalue weighted by molar-refractivity contribution is 14.0. The molecular weight excluding hydrogens is 419 g/mol. The van der Waals surface area contributed by atoms with Crippen molar-refractivity contribution in [2.45, 2.75) is 52.4 Å². The van der Waals surface area contributed by atoms with Crippen LogP contribution in [0.25, 0.3) is 0 Å². The lowest BCUT2D eigenvalue weighted by molar-refractivity contribution is -0.119. The number of carbonyl (C=O) groups excluding carboxylic acids is 1. The van der Waals surface area contributed by atoms with Gasteiger partial charge in [-0.2, -0.15) is 0 Å². The van der Waals surface area contributed by atoms with Crippen LogP contribution >= 0.6 is 24.0 Å². The van der Waals surface area contributed by atoms with Crippen LogP contribution < -0.4 is 11.1 Å². The number of aliphatic imine (C=N–C) groups is 1. The fourth-order valence-corrected chi connectivity index (χ4v) is 2.83. The molecule has 1 aliphatic rings. The lowest BCUT2D eigenvalue weighted by Gasteiger charge is -2.34. The molecule has 0 aliphatic carbocycles. The minimum Gasteiger partial charge on any atom is -0.381 e. The van der Waals surface area contributed by atoms with E-state index >= 15 is 0 Å². The number of nitrogens with two attached hydrogens (primary N) is 1. The summed E-state index contributed by atoms with van der Waals surface area (Å²) in [6.07, 6.45) is 5.87. The fraction of sp³-hybridized carbons (Fsp3) is 0.882. The Bertz CT molecular complexity index is 366. The lowest BCUT2D eigenvalue weighted by Crippen LogP contribution is -2.47. The van der Waals surface area contributed by atoms with E-state index in [1.54, 1.807) is 0 Å². The Morgan fingerprint density at radius 3 is 2.75 bits per heavy atom. The highest BCUT2D eigenvalue weighted by Gasteiger charge is 2.23. The molecule has 24 heavy (non-hydrogen) atoms. The third kappa shape index (κ3) is 10.3. The van der Waals surface area contributed by atoms with Gasteiger partial charge in [-0.25, -0.2) is 0 Å². The zero-order valence-electron chi connectivity index (χ0n) is 15.3. The number of nitrogens with zero attached hydrogens (tertiary/aromatic N) is 2. The number of primary amides is 1. The molecule has 1 rings (SSSR count). The summed E-state index contributed by atoms with van der Waals surface area (Å²) in [5, 5.41) is 3.36. The molecule has 1 fully saturated rings. The van der Waals surface area contributed by atoms with Crippen LogP contribution in [0.3, 0.4) is 0 Å². The minimum atomic E-state index is -0.206. The second-order valence-corrected chi connectivity index (χ2v) is 6.18. The average Bonchev–Trinajstić information content (AvgIpc) is 2.52. The van der Waals surface area contributed by atoms with E-state index in [1.165, 1.54) is 6.42 Å². The van der Waals surface area contributed by atoms with Crippen molar-refractivity contribution in [1.29, 1.82) is 0 Å². The van der Waals surface area contributed by atoms with Crippen molar-refractivity contribution in [3.8, 4) is 0 Å². The van der Waals surface area contributed by atoms with E-state index in [0.29, 0.717) is 12.3 Å². The van der Waals surface area contributed by atoms with Gasteiger partial charge < -0.3 is 20.7 Å². The normalized spacial score (nSPS) is 18.2. The van der Waals surface area contributed by atoms with Crippen molar-refractivity contribution >= 4 is 35.8 Å². The molecule has 1 atom stereocenters. The molecule has 0 aromatic rings. The Hall–Kier alpha value is -0.570. The first-order valence-corrected chi connectivity index (χ1v) is 9.06. The predicted molar refractivity (Wildman–Crippen MR) is 110 cm³/mol. The number of unbranched alkanes of at least 4 members (excludes halogenated alkanes) is 1. The Morgan fingerprint density at radius 1 is 1.33 bits per heavy atom. The van der Waals surface area contributed by atoms with E-state index in [2.05, 4.69) is 24.1 Å². The highest BCUT2D eigenvalue weighted by atomic mass is 127. The molecule has 1 saturated heterocycles. The lowest BCUT2D eigenvalue weighted by atomic mass is 9.95. The van der Waals surface area contributed by atoms with Gasteiger partial charge in [-0.05, 0) is 38.5 Å². The van der Waals surface area contributed by atoms with Gasteiger partial charge in [0, 0.05) is 45.8 Å². The van der Waals surface area contributed by atoms with Gasteiger partial charge in [-0.15, -0.1) is 24.0 Å². The van der Waals surface area contributed by atoms with E-state index < -0.39 is 0 Å². The second-order valence-electron chi connectivity index (χ2n) is 6.18. The summed E-state index contributed by atoms with van der Waals surface area (Å²) in [5.74, 6) is 1.10. The van der Waals surface area contributed by atoms with E-state index in [-0.39, 0.29) is 29.9 Å². The molecule has 0 aromatic heterocycles. The predicted octanol–water partition coefficient (Wildman–Crippen LogP) is 2.36. The molecule has 6 nitrogen and oxygen atoms in total. The Kier molecular flexibility index (Phi) is 14.4. The molecule has 1 amide bonds. The molecule has 1 aliphatic heterocycles. The summed E-state index contributed by atoms with van der Waals surface area (Å²) in [5.41, 5.74) is 5.33. The van der Waals surface area contributed by atoms with Crippen molar-refractivity contribution in [2.24, 2.45) is 16.6 Å². The molecule has 3 N–H and O–H groups in total. The van der Waals surface area contributed by atoms with Crippen LogP contribution in [-0.4, -0.2) is 56.2 Å². The number of rotatable bonds is 10. The zero-order valence-corrected chi connectivity index (χ0v) is 17.6. The number of ether oxygens (including phenoxy) is 1. The van der Waals surface area contributed by atoms with Gasteiger partial charge in [-0.1, -0.05) is 13.3 Å². The number of guanidine groups is 1. The molecular formula is C17H35IN4O2. The van der Waals surface area contributed by atoms with Gasteiger partial charge in [0.05, 0.1) is 0 Å². The number of amides is 1. The number of halogens is 1. The third-order valence-corrected chi connectivity index (χ3v) is 3.99. The highest BCUT2D eigenvalue weighted by Crippen LogP contribution is 2.19. The number of hydrogen-bond donors (Lipinski definition) is 2. The molecule has 142 valence electrons. The number of hydrogen-bond acceptors (Lipinski definition) is 3. The topological polar surface area (TPSA) is 79.9 Å². The molecule has 0 spiro atoms. The van der Waals surface area contributed by atoms with Crippen LogP contribution in [-0.2, 0) is 9.53 Å². The largest absolute Gasteiger partial charge is 0.381 e. The smallest absolute Gasteiger partial charge is 0.217 e. The van der Waals surface area contributed by atoms with E-state index in [4.69, 9.17) is 15.5 Å². The fourth-order valence-electron chi connectivity index (χ4n) is 2.83. The van der Waals surface area contributed by atoms with Crippen LogP contribution in [0.15, 0.2) is 4.99 Å². The van der Waals surface area contributed by atoms with Crippen molar-refractivity contribution < 1.29 is 9.53 Å². The summed E-state index contributed by atoms with van der Waals surface area (Å²) in [6.45, 7) is 9.34. The van der Waals surface area contributed by atoms with Crippen molar-refractivity contribution in [3.63, 3.8) is 0 Å². The van der Waals surface area contributed by atoms with Gasteiger partial charge in [0.15, 0.2) is 5.96 Å². The molecule has 1 heterocycles.